The van der Waals surface area contributed by atoms with Crippen molar-refractivity contribution in [1.29, 1.82) is 0 Å². The second kappa shape index (κ2) is 3.43. The lowest BCUT2D eigenvalue weighted by Gasteiger charge is -1.89. The van der Waals surface area contributed by atoms with Crippen molar-refractivity contribution < 1.29 is 4.52 Å². The summed E-state index contributed by atoms with van der Waals surface area (Å²) in [5.74, 6) is 0.911. The van der Waals surface area contributed by atoms with Crippen LogP contribution >= 0.6 is 22.9 Å². The Morgan fingerprint density at radius 2 is 2.46 bits per heavy atom. The summed E-state index contributed by atoms with van der Waals surface area (Å²) < 4.78 is 4.92. The van der Waals surface area contributed by atoms with Gasteiger partial charge in [-0.1, -0.05) is 5.16 Å². The third kappa shape index (κ3) is 1.71. The molecule has 68 valence electrons. The quantitative estimate of drug-likeness (QED) is 0.723. The standard InChI is InChI=1S/C7H6ClN3OS/c1-4(8)7-10-6(11-12-7)5-2-13-3-9-5/h2-4H,1H3. The van der Waals surface area contributed by atoms with Gasteiger partial charge in [-0.2, -0.15) is 4.98 Å². The minimum atomic E-state index is -0.264. The smallest absolute Gasteiger partial charge is 0.244 e. The van der Waals surface area contributed by atoms with E-state index in [-0.39, 0.29) is 5.38 Å². The molecule has 0 bridgehead atoms. The molecule has 0 aliphatic rings. The molecule has 0 fully saturated rings. The van der Waals surface area contributed by atoms with E-state index in [1.165, 1.54) is 11.3 Å². The molecule has 2 rings (SSSR count). The van der Waals surface area contributed by atoms with Gasteiger partial charge in [0.1, 0.15) is 11.1 Å². The fourth-order valence-electron chi connectivity index (χ4n) is 0.824. The summed E-state index contributed by atoms with van der Waals surface area (Å²) in [6.07, 6.45) is 0. The first-order valence-corrected chi connectivity index (χ1v) is 5.01. The van der Waals surface area contributed by atoms with Crippen LogP contribution in [0.5, 0.6) is 0 Å². The molecule has 1 unspecified atom stereocenters. The zero-order chi connectivity index (χ0) is 9.26. The van der Waals surface area contributed by atoms with Crippen LogP contribution in [-0.2, 0) is 0 Å². The maximum atomic E-state index is 5.76. The van der Waals surface area contributed by atoms with Crippen LogP contribution in [0.3, 0.4) is 0 Å². The van der Waals surface area contributed by atoms with E-state index in [2.05, 4.69) is 15.1 Å². The average molecular weight is 216 g/mol. The SMILES string of the molecule is CC(Cl)c1nc(-c2cscn2)no1. The summed E-state index contributed by atoms with van der Waals surface area (Å²) in [6, 6.07) is 0. The molecule has 0 amide bonds. The number of nitrogens with zero attached hydrogens (tertiary/aromatic N) is 3. The molecule has 2 heterocycles. The van der Waals surface area contributed by atoms with E-state index in [0.29, 0.717) is 11.7 Å². The van der Waals surface area contributed by atoms with E-state index in [9.17, 15) is 0 Å². The van der Waals surface area contributed by atoms with Gasteiger partial charge in [0, 0.05) is 5.38 Å². The average Bonchev–Trinajstić information content (AvgIpc) is 2.75. The topological polar surface area (TPSA) is 51.8 Å². The van der Waals surface area contributed by atoms with Gasteiger partial charge in [-0.15, -0.1) is 22.9 Å². The highest BCUT2D eigenvalue weighted by molar-refractivity contribution is 7.07. The molecule has 4 nitrogen and oxygen atoms in total. The molecule has 2 aromatic rings. The zero-order valence-electron chi connectivity index (χ0n) is 6.77. The molecular formula is C7H6ClN3OS. The molecule has 0 saturated carbocycles. The number of rotatable bonds is 2. The summed E-state index contributed by atoms with van der Waals surface area (Å²) in [7, 11) is 0. The molecule has 0 saturated heterocycles. The third-order valence-electron chi connectivity index (χ3n) is 1.44. The maximum Gasteiger partial charge on any atom is 0.244 e. The van der Waals surface area contributed by atoms with Crippen molar-refractivity contribution in [1.82, 2.24) is 15.1 Å². The molecule has 0 aromatic carbocycles. The van der Waals surface area contributed by atoms with Crippen molar-refractivity contribution >= 4 is 22.9 Å². The van der Waals surface area contributed by atoms with Gasteiger partial charge in [0.05, 0.1) is 5.51 Å². The second-order valence-electron chi connectivity index (χ2n) is 2.45. The van der Waals surface area contributed by atoms with E-state index in [4.69, 9.17) is 16.1 Å². The van der Waals surface area contributed by atoms with Crippen LogP contribution in [0.15, 0.2) is 15.4 Å². The van der Waals surface area contributed by atoms with Crippen LogP contribution in [0, 0.1) is 0 Å². The Labute approximate surface area is 83.6 Å². The predicted molar refractivity (Wildman–Crippen MR) is 49.7 cm³/mol. The highest BCUT2D eigenvalue weighted by Crippen LogP contribution is 2.21. The van der Waals surface area contributed by atoms with E-state index < -0.39 is 0 Å². The number of thiazole rings is 1. The Morgan fingerprint density at radius 3 is 3.00 bits per heavy atom. The van der Waals surface area contributed by atoms with Crippen LogP contribution < -0.4 is 0 Å². The summed E-state index contributed by atoms with van der Waals surface area (Å²) in [5.41, 5.74) is 2.44. The first-order chi connectivity index (χ1) is 6.27. The van der Waals surface area contributed by atoms with Crippen LogP contribution in [0.1, 0.15) is 18.2 Å². The van der Waals surface area contributed by atoms with Crippen molar-refractivity contribution in [2.75, 3.05) is 0 Å². The highest BCUT2D eigenvalue weighted by atomic mass is 35.5. The maximum absolute atomic E-state index is 5.76. The lowest BCUT2D eigenvalue weighted by atomic mass is 10.4. The van der Waals surface area contributed by atoms with Crippen molar-refractivity contribution in [3.05, 3.63) is 16.8 Å². The van der Waals surface area contributed by atoms with E-state index in [1.54, 1.807) is 12.4 Å². The van der Waals surface area contributed by atoms with Gasteiger partial charge in [0.15, 0.2) is 0 Å². The molecule has 13 heavy (non-hydrogen) atoms. The molecule has 0 spiro atoms. The molecule has 0 aliphatic heterocycles. The molecule has 2 aromatic heterocycles. The third-order valence-corrected chi connectivity index (χ3v) is 2.22. The van der Waals surface area contributed by atoms with Gasteiger partial charge in [0.25, 0.3) is 0 Å². The van der Waals surface area contributed by atoms with Crippen molar-refractivity contribution in [2.45, 2.75) is 12.3 Å². The highest BCUT2D eigenvalue weighted by Gasteiger charge is 2.13. The van der Waals surface area contributed by atoms with Crippen LogP contribution in [0.25, 0.3) is 11.5 Å². The fraction of sp³-hybridized carbons (Fsp3) is 0.286. The van der Waals surface area contributed by atoms with E-state index >= 15 is 0 Å². The lowest BCUT2D eigenvalue weighted by molar-refractivity contribution is 0.379. The Morgan fingerprint density at radius 1 is 1.62 bits per heavy atom. The minimum absolute atomic E-state index is 0.264. The Balaban J connectivity index is 2.33. The first-order valence-electron chi connectivity index (χ1n) is 3.63. The van der Waals surface area contributed by atoms with Gasteiger partial charge in [-0.25, -0.2) is 4.98 Å². The predicted octanol–water partition coefficient (Wildman–Crippen LogP) is 2.49. The summed E-state index contributed by atoms with van der Waals surface area (Å²) >= 11 is 7.25. The molecule has 0 radical (unpaired) electrons. The Bertz CT molecular complexity index is 384. The van der Waals surface area contributed by atoms with E-state index in [0.717, 1.165) is 5.69 Å². The van der Waals surface area contributed by atoms with Crippen molar-refractivity contribution in [3.63, 3.8) is 0 Å². The van der Waals surface area contributed by atoms with Gasteiger partial charge in [0.2, 0.25) is 11.7 Å². The largest absolute Gasteiger partial charge is 0.337 e. The number of aromatic nitrogens is 3. The lowest BCUT2D eigenvalue weighted by Crippen LogP contribution is -1.84. The number of hydrogen-bond acceptors (Lipinski definition) is 5. The van der Waals surface area contributed by atoms with Crippen LogP contribution in [0.4, 0.5) is 0 Å². The zero-order valence-corrected chi connectivity index (χ0v) is 8.34. The monoisotopic (exact) mass is 215 g/mol. The fourth-order valence-corrected chi connectivity index (χ4v) is 1.44. The Hall–Kier alpha value is -0.940. The molecule has 6 heteroatoms. The van der Waals surface area contributed by atoms with E-state index in [1.807, 2.05) is 5.38 Å². The number of alkyl halides is 1. The molecule has 0 N–H and O–H groups in total. The summed E-state index contributed by atoms with van der Waals surface area (Å²) in [5, 5.41) is 5.34. The second-order valence-corrected chi connectivity index (χ2v) is 3.82. The summed E-state index contributed by atoms with van der Waals surface area (Å²) in [6.45, 7) is 1.78. The normalized spacial score (nSPS) is 13.1. The molecule has 0 aliphatic carbocycles. The van der Waals surface area contributed by atoms with Crippen molar-refractivity contribution in [3.8, 4) is 11.5 Å². The van der Waals surface area contributed by atoms with Gasteiger partial charge in [-0.05, 0) is 6.92 Å². The van der Waals surface area contributed by atoms with Gasteiger partial charge < -0.3 is 4.52 Å². The van der Waals surface area contributed by atoms with Gasteiger partial charge in [-0.3, -0.25) is 0 Å². The molecule has 1 atom stereocenters. The molecular weight excluding hydrogens is 210 g/mol. The summed E-state index contributed by atoms with van der Waals surface area (Å²) in [4.78, 5) is 8.14. The number of hydrogen-bond donors (Lipinski definition) is 0. The van der Waals surface area contributed by atoms with Crippen LogP contribution in [-0.4, -0.2) is 15.1 Å². The van der Waals surface area contributed by atoms with Crippen molar-refractivity contribution in [2.24, 2.45) is 0 Å². The van der Waals surface area contributed by atoms with Crippen LogP contribution in [0.2, 0.25) is 0 Å². The number of halogens is 1. The minimum Gasteiger partial charge on any atom is -0.337 e. The Kier molecular flexibility index (Phi) is 2.28. The first kappa shape index (κ1) is 8.65. The van der Waals surface area contributed by atoms with Gasteiger partial charge >= 0.3 is 0 Å².